The summed E-state index contributed by atoms with van der Waals surface area (Å²) in [6, 6.07) is 33.0. The Morgan fingerprint density at radius 1 is 0.875 bits per heavy atom. The summed E-state index contributed by atoms with van der Waals surface area (Å²) in [4.78, 5) is 18.8. The topological polar surface area (TPSA) is 61.4 Å². The van der Waals surface area contributed by atoms with Crippen molar-refractivity contribution >= 4 is 45.0 Å². The van der Waals surface area contributed by atoms with Crippen LogP contribution in [0.5, 0.6) is 5.75 Å². The van der Waals surface area contributed by atoms with E-state index in [9.17, 15) is 4.79 Å². The molecule has 0 amide bonds. The van der Waals surface area contributed by atoms with Gasteiger partial charge in [0.15, 0.2) is 4.96 Å². The van der Waals surface area contributed by atoms with Crippen LogP contribution in [-0.2, 0) is 6.61 Å². The molecule has 7 aromatic rings. The first-order valence-electron chi connectivity index (χ1n) is 12.7. The molecule has 0 saturated carbocycles. The summed E-state index contributed by atoms with van der Waals surface area (Å²) in [5.74, 6) is 0.727. The van der Waals surface area contributed by atoms with Gasteiger partial charge in [-0.2, -0.15) is 5.10 Å². The Morgan fingerprint density at radius 3 is 2.45 bits per heavy atom. The lowest BCUT2D eigenvalue weighted by atomic mass is 10.1. The van der Waals surface area contributed by atoms with Crippen LogP contribution in [0.15, 0.2) is 114 Å². The number of halogens is 1. The molecule has 8 heteroatoms. The van der Waals surface area contributed by atoms with E-state index in [4.69, 9.17) is 21.4 Å². The molecule has 0 fully saturated rings. The second-order valence-electron chi connectivity index (χ2n) is 9.25. The third kappa shape index (κ3) is 4.45. The lowest BCUT2D eigenvalue weighted by Gasteiger charge is -2.08. The minimum Gasteiger partial charge on any atom is -0.489 e. The highest BCUT2D eigenvalue weighted by molar-refractivity contribution is 7.15. The van der Waals surface area contributed by atoms with Crippen molar-refractivity contribution in [3.63, 3.8) is 0 Å². The van der Waals surface area contributed by atoms with E-state index in [1.165, 1.54) is 11.3 Å². The first-order valence-corrected chi connectivity index (χ1v) is 13.9. The van der Waals surface area contributed by atoms with Crippen LogP contribution >= 0.6 is 22.9 Å². The van der Waals surface area contributed by atoms with Crippen molar-refractivity contribution < 1.29 is 4.74 Å². The standard InChI is InChI=1S/C32H21ClN4O2S/c33-26-11-5-4-8-22(26)20-39-25-16-14-21(15-17-25)30-23(19-36(35-30)24-9-2-1-3-10-24)18-29-31(38)37-28-13-7-6-12-27(28)34-32(37)40-29/h1-19H,20H2/b29-18-. The number of ether oxygens (including phenoxy) is 1. The summed E-state index contributed by atoms with van der Waals surface area (Å²) in [7, 11) is 0. The predicted octanol–water partition coefficient (Wildman–Crippen LogP) is 6.54. The Balaban J connectivity index is 1.28. The number of hydrogen-bond acceptors (Lipinski definition) is 5. The van der Waals surface area contributed by atoms with Crippen LogP contribution in [0.1, 0.15) is 11.1 Å². The molecule has 7 rings (SSSR count). The van der Waals surface area contributed by atoms with Gasteiger partial charge in [-0.25, -0.2) is 14.1 Å². The zero-order valence-electron chi connectivity index (χ0n) is 21.1. The average molecular weight is 561 g/mol. The molecule has 4 aromatic carbocycles. The van der Waals surface area contributed by atoms with Gasteiger partial charge in [0.25, 0.3) is 5.56 Å². The summed E-state index contributed by atoms with van der Waals surface area (Å²) in [6.07, 6.45) is 3.85. The van der Waals surface area contributed by atoms with E-state index in [-0.39, 0.29) is 5.56 Å². The minimum absolute atomic E-state index is 0.0876. The van der Waals surface area contributed by atoms with E-state index in [0.717, 1.165) is 44.9 Å². The van der Waals surface area contributed by atoms with Gasteiger partial charge in [-0.05, 0) is 60.7 Å². The molecule has 6 nitrogen and oxygen atoms in total. The van der Waals surface area contributed by atoms with Crippen LogP contribution < -0.4 is 14.8 Å². The van der Waals surface area contributed by atoms with Crippen molar-refractivity contribution in [2.45, 2.75) is 6.61 Å². The van der Waals surface area contributed by atoms with Crippen LogP contribution in [0.25, 0.3) is 39.0 Å². The molecular weight excluding hydrogens is 540 g/mol. The molecular formula is C32H21ClN4O2S. The molecule has 40 heavy (non-hydrogen) atoms. The molecule has 0 bridgehead atoms. The van der Waals surface area contributed by atoms with Crippen molar-refractivity contribution in [2.75, 3.05) is 0 Å². The Hall–Kier alpha value is -4.72. The average Bonchev–Trinajstić information content (AvgIpc) is 3.66. The van der Waals surface area contributed by atoms with E-state index >= 15 is 0 Å². The monoisotopic (exact) mass is 560 g/mol. The Labute approximate surface area is 238 Å². The van der Waals surface area contributed by atoms with Crippen molar-refractivity contribution in [2.24, 2.45) is 0 Å². The maximum Gasteiger partial charge on any atom is 0.274 e. The van der Waals surface area contributed by atoms with E-state index in [0.29, 0.717) is 21.1 Å². The molecule has 3 aromatic heterocycles. The number of benzene rings is 4. The second-order valence-corrected chi connectivity index (χ2v) is 10.7. The second kappa shape index (κ2) is 10.1. The summed E-state index contributed by atoms with van der Waals surface area (Å²) in [5.41, 5.74) is 5.89. The molecule has 0 spiro atoms. The van der Waals surface area contributed by atoms with Gasteiger partial charge in [0.05, 0.1) is 21.3 Å². The third-order valence-electron chi connectivity index (χ3n) is 6.67. The Kier molecular flexibility index (Phi) is 6.15. The number of nitrogens with zero attached hydrogens (tertiary/aromatic N) is 4. The van der Waals surface area contributed by atoms with Gasteiger partial charge in [0, 0.05) is 27.9 Å². The van der Waals surface area contributed by atoms with Gasteiger partial charge in [-0.3, -0.25) is 4.79 Å². The first-order chi connectivity index (χ1) is 19.6. The fourth-order valence-corrected chi connectivity index (χ4v) is 5.84. The number of rotatable bonds is 6. The van der Waals surface area contributed by atoms with Crippen LogP contribution in [0.4, 0.5) is 0 Å². The van der Waals surface area contributed by atoms with Crippen molar-refractivity contribution in [1.82, 2.24) is 19.2 Å². The van der Waals surface area contributed by atoms with Gasteiger partial charge >= 0.3 is 0 Å². The molecule has 3 heterocycles. The fourth-order valence-electron chi connectivity index (χ4n) is 4.67. The minimum atomic E-state index is -0.0876. The summed E-state index contributed by atoms with van der Waals surface area (Å²) in [5, 5.41) is 5.59. The zero-order chi connectivity index (χ0) is 27.1. The van der Waals surface area contributed by atoms with E-state index in [1.807, 2.05) is 120 Å². The third-order valence-corrected chi connectivity index (χ3v) is 8.01. The van der Waals surface area contributed by atoms with Gasteiger partial charge < -0.3 is 4.74 Å². The first kappa shape index (κ1) is 24.3. The van der Waals surface area contributed by atoms with Crippen LogP contribution in [0, 0.1) is 0 Å². The largest absolute Gasteiger partial charge is 0.489 e. The van der Waals surface area contributed by atoms with Gasteiger partial charge in [0.2, 0.25) is 0 Å². The molecule has 0 aliphatic heterocycles. The summed E-state index contributed by atoms with van der Waals surface area (Å²) >= 11 is 7.65. The Morgan fingerprint density at radius 2 is 1.62 bits per heavy atom. The quantitative estimate of drug-likeness (QED) is 0.232. The van der Waals surface area contributed by atoms with Gasteiger partial charge in [-0.1, -0.05) is 71.5 Å². The van der Waals surface area contributed by atoms with Crippen LogP contribution in [-0.4, -0.2) is 19.2 Å². The van der Waals surface area contributed by atoms with Crippen molar-refractivity contribution in [3.8, 4) is 22.7 Å². The summed E-state index contributed by atoms with van der Waals surface area (Å²) in [6.45, 7) is 0.377. The number of hydrogen-bond donors (Lipinski definition) is 0. The highest BCUT2D eigenvalue weighted by Gasteiger charge is 2.15. The predicted molar refractivity (Wildman–Crippen MR) is 160 cm³/mol. The molecule has 194 valence electrons. The van der Waals surface area contributed by atoms with E-state index in [1.54, 1.807) is 4.40 Å². The molecule has 0 N–H and O–H groups in total. The number of aromatic nitrogens is 4. The maximum absolute atomic E-state index is 13.4. The van der Waals surface area contributed by atoms with E-state index < -0.39 is 0 Å². The molecule has 0 unspecified atom stereocenters. The fraction of sp³-hybridized carbons (Fsp3) is 0.0312. The molecule has 0 aliphatic rings. The number of para-hydroxylation sites is 3. The van der Waals surface area contributed by atoms with Gasteiger partial charge in [0.1, 0.15) is 18.1 Å². The molecule has 0 saturated heterocycles. The van der Waals surface area contributed by atoms with Crippen molar-refractivity contribution in [3.05, 3.63) is 140 Å². The van der Waals surface area contributed by atoms with Crippen LogP contribution in [0.3, 0.4) is 0 Å². The lowest BCUT2D eigenvalue weighted by Crippen LogP contribution is -2.22. The smallest absolute Gasteiger partial charge is 0.274 e. The van der Waals surface area contributed by atoms with Crippen molar-refractivity contribution in [1.29, 1.82) is 0 Å². The maximum atomic E-state index is 13.4. The number of thiazole rings is 1. The zero-order valence-corrected chi connectivity index (χ0v) is 22.6. The highest BCUT2D eigenvalue weighted by atomic mass is 35.5. The molecule has 0 radical (unpaired) electrons. The van der Waals surface area contributed by atoms with E-state index in [2.05, 4.69) is 4.98 Å². The molecule has 0 aliphatic carbocycles. The Bertz CT molecular complexity index is 2100. The molecule has 0 atom stereocenters. The SMILES string of the molecule is O=c1/c(=C/c2cn(-c3ccccc3)nc2-c2ccc(OCc3ccccc3Cl)cc2)sc2nc3ccccc3n12. The normalized spacial score (nSPS) is 12.0. The summed E-state index contributed by atoms with van der Waals surface area (Å²) < 4.78 is 10.1. The van der Waals surface area contributed by atoms with Gasteiger partial charge in [-0.15, -0.1) is 0 Å². The number of fused-ring (bicyclic) bond motifs is 3. The van der Waals surface area contributed by atoms with Crippen LogP contribution in [0.2, 0.25) is 5.02 Å². The lowest BCUT2D eigenvalue weighted by molar-refractivity contribution is 0.306. The highest BCUT2D eigenvalue weighted by Crippen LogP contribution is 2.27. The number of imidazole rings is 1.